The van der Waals surface area contributed by atoms with Crippen LogP contribution < -0.4 is 0 Å². The van der Waals surface area contributed by atoms with Crippen LogP contribution >= 0.6 is 11.6 Å². The van der Waals surface area contributed by atoms with Gasteiger partial charge < -0.3 is 9.30 Å². The largest absolute Gasteiger partial charge is 0.366 e. The zero-order chi connectivity index (χ0) is 26.1. The average molecular weight is 505 g/mol. The lowest BCUT2D eigenvalue weighted by molar-refractivity contribution is -0.0518. The SMILES string of the molecule is C=CC=N/C(=C\C)Cn1cc(C(C)=O)c2ccc(Cl)cc21.CCCC1(CCC)OCc2ccccc21. The molecule has 0 saturated carbocycles. The zero-order valence-electron chi connectivity index (χ0n) is 21.9. The summed E-state index contributed by atoms with van der Waals surface area (Å²) in [6, 6.07) is 14.2. The molecule has 0 aliphatic carbocycles. The molecule has 1 aliphatic rings. The first-order valence-electron chi connectivity index (χ1n) is 12.7. The van der Waals surface area contributed by atoms with Gasteiger partial charge in [-0.1, -0.05) is 87.4 Å². The predicted molar refractivity (Wildman–Crippen MR) is 152 cm³/mol. The van der Waals surface area contributed by atoms with E-state index in [4.69, 9.17) is 16.3 Å². The minimum Gasteiger partial charge on any atom is -0.366 e. The number of ether oxygens (including phenoxy) is 1. The third-order valence-corrected chi connectivity index (χ3v) is 6.79. The molecule has 4 rings (SSSR count). The van der Waals surface area contributed by atoms with Crippen LogP contribution in [0.25, 0.3) is 10.9 Å². The van der Waals surface area contributed by atoms with Crippen LogP contribution in [-0.2, 0) is 23.5 Å². The van der Waals surface area contributed by atoms with Crippen molar-refractivity contribution >= 4 is 34.5 Å². The van der Waals surface area contributed by atoms with Crippen LogP contribution in [0.3, 0.4) is 0 Å². The Balaban J connectivity index is 0.000000212. The summed E-state index contributed by atoms with van der Waals surface area (Å²) in [5, 5.41) is 1.56. The van der Waals surface area contributed by atoms with Gasteiger partial charge in [-0.3, -0.25) is 9.79 Å². The first kappa shape index (κ1) is 27.6. The predicted octanol–water partition coefficient (Wildman–Crippen LogP) is 8.67. The molecule has 0 N–H and O–H groups in total. The molecule has 1 aliphatic heterocycles. The van der Waals surface area contributed by atoms with E-state index < -0.39 is 0 Å². The summed E-state index contributed by atoms with van der Waals surface area (Å²) in [6.07, 6.45) is 11.8. The Bertz CT molecular complexity index is 1260. The van der Waals surface area contributed by atoms with Crippen LogP contribution in [0.5, 0.6) is 0 Å². The summed E-state index contributed by atoms with van der Waals surface area (Å²) in [5.74, 6) is 0.0395. The van der Waals surface area contributed by atoms with Crippen LogP contribution in [-0.4, -0.2) is 16.6 Å². The smallest absolute Gasteiger partial charge is 0.161 e. The Morgan fingerprint density at radius 3 is 2.56 bits per heavy atom. The molecule has 5 heteroatoms. The van der Waals surface area contributed by atoms with Gasteiger partial charge in [0.2, 0.25) is 0 Å². The molecule has 36 heavy (non-hydrogen) atoms. The van der Waals surface area contributed by atoms with Gasteiger partial charge in [-0.05, 0) is 49.9 Å². The Hall–Kier alpha value is -2.95. The number of allylic oxidation sites excluding steroid dienone is 3. The maximum absolute atomic E-state index is 11.8. The molecule has 0 unspecified atom stereocenters. The number of hydrogen-bond donors (Lipinski definition) is 0. The number of aromatic nitrogens is 1. The normalized spacial score (nSPS) is 14.5. The summed E-state index contributed by atoms with van der Waals surface area (Å²) in [5.41, 5.74) is 5.38. The Labute approximate surface area is 220 Å². The number of benzene rings is 2. The highest BCUT2D eigenvalue weighted by Crippen LogP contribution is 2.43. The lowest BCUT2D eigenvalue weighted by atomic mass is 9.85. The van der Waals surface area contributed by atoms with E-state index in [0.717, 1.165) is 36.0 Å². The van der Waals surface area contributed by atoms with E-state index in [2.05, 4.69) is 49.7 Å². The highest BCUT2D eigenvalue weighted by atomic mass is 35.5. The molecule has 0 spiro atoms. The van der Waals surface area contributed by atoms with Crippen molar-refractivity contribution in [1.29, 1.82) is 0 Å². The Morgan fingerprint density at radius 2 is 1.92 bits per heavy atom. The zero-order valence-corrected chi connectivity index (χ0v) is 22.6. The molecular formula is C31H37ClN2O2. The summed E-state index contributed by atoms with van der Waals surface area (Å²) >= 11 is 6.08. The molecular weight excluding hydrogens is 468 g/mol. The van der Waals surface area contributed by atoms with Gasteiger partial charge >= 0.3 is 0 Å². The second-order valence-electron chi connectivity index (χ2n) is 9.12. The van der Waals surface area contributed by atoms with Crippen molar-refractivity contribution in [3.63, 3.8) is 0 Å². The average Bonchev–Trinajstić information content (AvgIpc) is 3.41. The van der Waals surface area contributed by atoms with Crippen molar-refractivity contribution in [2.75, 3.05) is 0 Å². The molecule has 2 aromatic carbocycles. The number of Topliss-reactive ketones (excluding diaryl/α,β-unsaturated/α-hetero) is 1. The fraction of sp³-hybridized carbons (Fsp3) is 0.355. The van der Waals surface area contributed by atoms with Gasteiger partial charge in [0.25, 0.3) is 0 Å². The second-order valence-corrected chi connectivity index (χ2v) is 9.56. The number of hydrogen-bond acceptors (Lipinski definition) is 3. The van der Waals surface area contributed by atoms with Gasteiger partial charge in [0.15, 0.2) is 5.78 Å². The van der Waals surface area contributed by atoms with Crippen LogP contribution in [0, 0.1) is 0 Å². The van der Waals surface area contributed by atoms with E-state index in [-0.39, 0.29) is 11.4 Å². The highest BCUT2D eigenvalue weighted by molar-refractivity contribution is 6.31. The maximum atomic E-state index is 11.8. The van der Waals surface area contributed by atoms with Gasteiger partial charge in [-0.15, -0.1) is 0 Å². The molecule has 3 aromatic rings. The van der Waals surface area contributed by atoms with Gasteiger partial charge in [-0.25, -0.2) is 0 Å². The molecule has 1 aromatic heterocycles. The van der Waals surface area contributed by atoms with Crippen LogP contribution in [0.4, 0.5) is 0 Å². The topological polar surface area (TPSA) is 43.6 Å². The summed E-state index contributed by atoms with van der Waals surface area (Å²) in [4.78, 5) is 16.1. The Kier molecular flexibility index (Phi) is 9.86. The van der Waals surface area contributed by atoms with Gasteiger partial charge in [-0.2, -0.15) is 0 Å². The molecule has 0 radical (unpaired) electrons. The van der Waals surface area contributed by atoms with Gasteiger partial charge in [0.1, 0.15) is 0 Å². The van der Waals surface area contributed by atoms with Crippen LogP contribution in [0.15, 0.2) is 78.1 Å². The van der Waals surface area contributed by atoms with Crippen molar-refractivity contribution in [1.82, 2.24) is 4.57 Å². The van der Waals surface area contributed by atoms with Crippen molar-refractivity contribution in [2.24, 2.45) is 4.99 Å². The number of fused-ring (bicyclic) bond motifs is 2. The molecule has 0 fully saturated rings. The lowest BCUT2D eigenvalue weighted by Gasteiger charge is -2.29. The monoisotopic (exact) mass is 504 g/mol. The van der Waals surface area contributed by atoms with E-state index in [1.165, 1.54) is 24.0 Å². The molecule has 4 nitrogen and oxygen atoms in total. The van der Waals surface area contributed by atoms with E-state index in [1.807, 2.05) is 35.9 Å². The van der Waals surface area contributed by atoms with Gasteiger partial charge in [0, 0.05) is 28.4 Å². The highest BCUT2D eigenvalue weighted by Gasteiger charge is 2.37. The third-order valence-electron chi connectivity index (χ3n) is 6.55. The number of carbonyl (C=O) groups is 1. The minimum absolute atomic E-state index is 0.0279. The third kappa shape index (κ3) is 6.24. The standard InChI is InChI=1S/C17H17ClN2O.C14H20O/c1-4-8-19-14(5-2)10-20-11-16(12(3)21)15-7-6-13(18)9-17(15)20;1-3-9-14(10-4-2)13-8-6-5-7-12(13)11-15-14/h4-9,11H,1,10H2,2-3H3;5-8H,3-4,9-11H2,1-2H3/b14-5-,19-8?;. The molecule has 190 valence electrons. The number of nitrogens with zero attached hydrogens (tertiary/aromatic N) is 2. The van der Waals surface area contributed by atoms with Crippen LogP contribution in [0.1, 0.15) is 74.9 Å². The fourth-order valence-corrected chi connectivity index (χ4v) is 5.10. The maximum Gasteiger partial charge on any atom is 0.161 e. The molecule has 0 amide bonds. The number of halogens is 1. The van der Waals surface area contributed by atoms with Crippen molar-refractivity contribution < 1.29 is 9.53 Å². The first-order chi connectivity index (χ1) is 17.4. The van der Waals surface area contributed by atoms with Crippen molar-refractivity contribution in [2.45, 2.75) is 72.1 Å². The lowest BCUT2D eigenvalue weighted by Crippen LogP contribution is -2.24. The minimum atomic E-state index is 0.0279. The second kappa shape index (κ2) is 12.8. The quantitative estimate of drug-likeness (QED) is 0.216. The first-order valence-corrected chi connectivity index (χ1v) is 13.1. The summed E-state index contributed by atoms with van der Waals surface area (Å²) in [6.45, 7) is 13.0. The summed E-state index contributed by atoms with van der Waals surface area (Å²) in [7, 11) is 0. The van der Waals surface area contributed by atoms with Crippen molar-refractivity contribution in [3.05, 3.63) is 94.8 Å². The van der Waals surface area contributed by atoms with Crippen LogP contribution in [0.2, 0.25) is 5.02 Å². The van der Waals surface area contributed by atoms with Crippen molar-refractivity contribution in [3.8, 4) is 0 Å². The van der Waals surface area contributed by atoms with Gasteiger partial charge in [0.05, 0.1) is 30.0 Å². The van der Waals surface area contributed by atoms with E-state index in [1.54, 1.807) is 25.3 Å². The molecule has 0 atom stereocenters. The van der Waals surface area contributed by atoms with E-state index >= 15 is 0 Å². The number of ketones is 1. The molecule has 2 heterocycles. The number of aliphatic imine (C=N–C) groups is 1. The Morgan fingerprint density at radius 1 is 1.19 bits per heavy atom. The van der Waals surface area contributed by atoms with E-state index in [0.29, 0.717) is 17.1 Å². The number of carbonyl (C=O) groups excluding carboxylic acids is 1. The fourth-order valence-electron chi connectivity index (χ4n) is 4.94. The number of rotatable bonds is 9. The molecule has 0 saturated heterocycles. The summed E-state index contributed by atoms with van der Waals surface area (Å²) < 4.78 is 8.09. The molecule has 0 bridgehead atoms. The van der Waals surface area contributed by atoms with E-state index in [9.17, 15) is 4.79 Å².